The van der Waals surface area contributed by atoms with E-state index in [9.17, 15) is 0 Å². The number of hydrogen-bond acceptors (Lipinski definition) is 4. The highest BCUT2D eigenvalue weighted by Crippen LogP contribution is 2.23. The quantitative estimate of drug-likeness (QED) is 0.558. The summed E-state index contributed by atoms with van der Waals surface area (Å²) in [5.74, 6) is 1.11. The molecular formula is C15H18O2S2. The number of hydrogen-bond donors (Lipinski definition) is 0. The minimum Gasteiger partial charge on any atom is -0.352 e. The van der Waals surface area contributed by atoms with Gasteiger partial charge in [0.2, 0.25) is 0 Å². The average Bonchev–Trinajstić information content (AvgIpc) is 2.95. The monoisotopic (exact) mass is 294 g/mol. The van der Waals surface area contributed by atoms with Crippen LogP contribution < -0.4 is 0 Å². The van der Waals surface area contributed by atoms with Crippen molar-refractivity contribution >= 4 is 23.1 Å². The number of benzene rings is 1. The first-order chi connectivity index (χ1) is 9.33. The molecule has 4 heteroatoms. The van der Waals surface area contributed by atoms with Gasteiger partial charge in [-0.15, -0.1) is 11.8 Å². The number of thiophene rings is 1. The second-order valence-corrected chi connectivity index (χ2v) is 6.05. The zero-order valence-corrected chi connectivity index (χ0v) is 12.8. The fourth-order valence-corrected chi connectivity index (χ4v) is 3.42. The molecule has 0 radical (unpaired) electrons. The molecule has 1 heterocycles. The minimum atomic E-state index is -0.273. The number of ether oxygens (including phenoxy) is 2. The highest BCUT2D eigenvalue weighted by molar-refractivity contribution is 7.99. The van der Waals surface area contributed by atoms with Gasteiger partial charge < -0.3 is 9.47 Å². The Bertz CT molecular complexity index is 461. The molecule has 0 bridgehead atoms. The lowest BCUT2D eigenvalue weighted by atomic mass is 10.2. The van der Waals surface area contributed by atoms with Crippen LogP contribution in [-0.4, -0.2) is 20.0 Å². The predicted octanol–water partition coefficient (Wildman–Crippen LogP) is 4.37. The molecule has 0 N–H and O–H groups in total. The van der Waals surface area contributed by atoms with Gasteiger partial charge in [-0.2, -0.15) is 11.3 Å². The predicted molar refractivity (Wildman–Crippen MR) is 81.9 cm³/mol. The molecule has 1 aromatic heterocycles. The second kappa shape index (κ2) is 7.70. The van der Waals surface area contributed by atoms with Crippen molar-refractivity contribution in [3.8, 4) is 0 Å². The maximum absolute atomic E-state index is 5.23. The highest BCUT2D eigenvalue weighted by Gasteiger charge is 2.07. The van der Waals surface area contributed by atoms with E-state index in [0.29, 0.717) is 0 Å². The molecule has 2 rings (SSSR count). The Morgan fingerprint density at radius 2 is 1.84 bits per heavy atom. The highest BCUT2D eigenvalue weighted by atomic mass is 32.2. The van der Waals surface area contributed by atoms with Crippen molar-refractivity contribution in [2.24, 2.45) is 0 Å². The molecule has 0 saturated heterocycles. The van der Waals surface area contributed by atoms with Crippen molar-refractivity contribution in [1.29, 1.82) is 0 Å². The second-order valence-electron chi connectivity index (χ2n) is 4.10. The Hall–Kier alpha value is -0.810. The van der Waals surface area contributed by atoms with Gasteiger partial charge in [0.05, 0.1) is 0 Å². The number of aryl methyl sites for hydroxylation is 1. The van der Waals surface area contributed by atoms with Crippen molar-refractivity contribution in [3.63, 3.8) is 0 Å². The van der Waals surface area contributed by atoms with Gasteiger partial charge >= 0.3 is 0 Å². The van der Waals surface area contributed by atoms with Crippen molar-refractivity contribution < 1.29 is 9.47 Å². The van der Waals surface area contributed by atoms with E-state index in [4.69, 9.17) is 9.47 Å². The molecule has 0 aliphatic carbocycles. The summed E-state index contributed by atoms with van der Waals surface area (Å²) in [5.41, 5.74) is 2.47. The SMILES string of the molecule is COC(OC)c1ccc(SCCc2ccsc2)cc1. The largest absolute Gasteiger partial charge is 0.352 e. The first kappa shape index (κ1) is 14.6. The van der Waals surface area contributed by atoms with Crippen LogP contribution in [0.15, 0.2) is 46.0 Å². The first-order valence-electron chi connectivity index (χ1n) is 6.13. The Labute approximate surface area is 122 Å². The summed E-state index contributed by atoms with van der Waals surface area (Å²) < 4.78 is 10.5. The zero-order chi connectivity index (χ0) is 13.5. The molecule has 1 aromatic carbocycles. The molecule has 19 heavy (non-hydrogen) atoms. The van der Waals surface area contributed by atoms with Gasteiger partial charge in [-0.1, -0.05) is 12.1 Å². The van der Waals surface area contributed by atoms with E-state index in [0.717, 1.165) is 17.7 Å². The number of rotatable bonds is 7. The molecule has 0 aliphatic rings. The average molecular weight is 294 g/mol. The van der Waals surface area contributed by atoms with E-state index in [1.807, 2.05) is 11.8 Å². The van der Waals surface area contributed by atoms with Crippen LogP contribution in [0.25, 0.3) is 0 Å². The molecule has 0 amide bonds. The summed E-state index contributed by atoms with van der Waals surface area (Å²) in [6.45, 7) is 0. The Morgan fingerprint density at radius 3 is 2.42 bits per heavy atom. The van der Waals surface area contributed by atoms with Crippen LogP contribution >= 0.6 is 23.1 Å². The summed E-state index contributed by atoms with van der Waals surface area (Å²) >= 11 is 3.64. The zero-order valence-electron chi connectivity index (χ0n) is 11.2. The Balaban J connectivity index is 1.84. The van der Waals surface area contributed by atoms with E-state index in [1.54, 1.807) is 25.6 Å². The van der Waals surface area contributed by atoms with Crippen LogP contribution in [0, 0.1) is 0 Å². The normalized spacial score (nSPS) is 11.1. The van der Waals surface area contributed by atoms with E-state index in [2.05, 4.69) is 41.1 Å². The fraction of sp³-hybridized carbons (Fsp3) is 0.333. The van der Waals surface area contributed by atoms with Gasteiger partial charge in [-0.25, -0.2) is 0 Å². The molecule has 0 unspecified atom stereocenters. The summed E-state index contributed by atoms with van der Waals surface area (Å²) in [6, 6.07) is 10.6. The summed E-state index contributed by atoms with van der Waals surface area (Å²) in [5, 5.41) is 4.34. The van der Waals surface area contributed by atoms with Crippen LogP contribution in [0.1, 0.15) is 17.4 Å². The smallest absolute Gasteiger partial charge is 0.183 e. The lowest BCUT2D eigenvalue weighted by Gasteiger charge is -2.13. The molecule has 2 aromatic rings. The lowest BCUT2D eigenvalue weighted by Crippen LogP contribution is -2.03. The molecule has 0 saturated carbocycles. The molecule has 0 spiro atoms. The molecule has 0 aliphatic heterocycles. The maximum Gasteiger partial charge on any atom is 0.183 e. The van der Waals surface area contributed by atoms with Crippen LogP contribution in [0.4, 0.5) is 0 Å². The van der Waals surface area contributed by atoms with Crippen LogP contribution in [0.5, 0.6) is 0 Å². The fourth-order valence-electron chi connectivity index (χ4n) is 1.81. The lowest BCUT2D eigenvalue weighted by molar-refractivity contribution is -0.106. The summed E-state index contributed by atoms with van der Waals surface area (Å²) in [7, 11) is 3.30. The molecule has 0 fully saturated rings. The Kier molecular flexibility index (Phi) is 5.92. The number of methoxy groups -OCH3 is 2. The maximum atomic E-state index is 5.23. The third-order valence-electron chi connectivity index (χ3n) is 2.82. The van der Waals surface area contributed by atoms with Crippen molar-refractivity contribution in [3.05, 3.63) is 52.2 Å². The topological polar surface area (TPSA) is 18.5 Å². The molecule has 102 valence electrons. The van der Waals surface area contributed by atoms with E-state index in [-0.39, 0.29) is 6.29 Å². The minimum absolute atomic E-state index is 0.273. The Morgan fingerprint density at radius 1 is 1.11 bits per heavy atom. The van der Waals surface area contributed by atoms with Gasteiger partial charge in [0.1, 0.15) is 0 Å². The van der Waals surface area contributed by atoms with Crippen LogP contribution in [0.2, 0.25) is 0 Å². The van der Waals surface area contributed by atoms with Crippen molar-refractivity contribution in [1.82, 2.24) is 0 Å². The molecular weight excluding hydrogens is 276 g/mol. The van der Waals surface area contributed by atoms with E-state index < -0.39 is 0 Å². The van der Waals surface area contributed by atoms with Crippen LogP contribution in [-0.2, 0) is 15.9 Å². The number of thioether (sulfide) groups is 1. The molecule has 0 atom stereocenters. The van der Waals surface area contributed by atoms with E-state index in [1.165, 1.54) is 10.5 Å². The van der Waals surface area contributed by atoms with Crippen molar-refractivity contribution in [2.75, 3.05) is 20.0 Å². The van der Waals surface area contributed by atoms with E-state index >= 15 is 0 Å². The third-order valence-corrected chi connectivity index (χ3v) is 4.57. The summed E-state index contributed by atoms with van der Waals surface area (Å²) in [4.78, 5) is 1.28. The molecule has 2 nitrogen and oxygen atoms in total. The van der Waals surface area contributed by atoms with Gasteiger partial charge in [-0.3, -0.25) is 0 Å². The third kappa shape index (κ3) is 4.35. The van der Waals surface area contributed by atoms with Gasteiger partial charge in [0.25, 0.3) is 0 Å². The van der Waals surface area contributed by atoms with Crippen molar-refractivity contribution in [2.45, 2.75) is 17.6 Å². The summed E-state index contributed by atoms with van der Waals surface area (Å²) in [6.07, 6.45) is 0.846. The van der Waals surface area contributed by atoms with Gasteiger partial charge in [0.15, 0.2) is 6.29 Å². The first-order valence-corrected chi connectivity index (χ1v) is 8.05. The standard InChI is InChI=1S/C15H18O2S2/c1-16-15(17-2)13-3-5-14(6-4-13)19-10-8-12-7-9-18-11-12/h3-7,9,11,15H,8,10H2,1-2H3. The van der Waals surface area contributed by atoms with Gasteiger partial charge in [0, 0.05) is 30.4 Å². The van der Waals surface area contributed by atoms with Crippen LogP contribution in [0.3, 0.4) is 0 Å². The van der Waals surface area contributed by atoms with Gasteiger partial charge in [-0.05, 0) is 40.9 Å².